The van der Waals surface area contributed by atoms with Crippen molar-refractivity contribution in [1.29, 1.82) is 0 Å². The summed E-state index contributed by atoms with van der Waals surface area (Å²) in [5, 5.41) is 5.26. The van der Waals surface area contributed by atoms with Crippen molar-refractivity contribution < 1.29 is 49.5 Å². The predicted octanol–water partition coefficient (Wildman–Crippen LogP) is 0.673. The Bertz CT molecular complexity index is 1180. The maximum atomic E-state index is 2.39. The van der Waals surface area contributed by atoms with E-state index in [4.69, 9.17) is 0 Å². The third-order valence-electron chi connectivity index (χ3n) is 5.32. The summed E-state index contributed by atoms with van der Waals surface area (Å²) in [6.07, 6.45) is 2.39. The number of allylic oxidation sites excluding steroid dienone is 1. The summed E-state index contributed by atoms with van der Waals surface area (Å²) < 4.78 is 0.609. The number of hydrogen-bond donors (Lipinski definition) is 0. The van der Waals surface area contributed by atoms with Crippen LogP contribution in [0.15, 0.2) is 78.4 Å². The van der Waals surface area contributed by atoms with Gasteiger partial charge in [0.15, 0.2) is 0 Å². The van der Waals surface area contributed by atoms with Gasteiger partial charge in [0.05, 0.1) is 0 Å². The molecule has 0 saturated heterocycles. The number of rotatable bonds is 1. The van der Waals surface area contributed by atoms with Crippen molar-refractivity contribution in [2.45, 2.75) is 10.5 Å². The summed E-state index contributed by atoms with van der Waals surface area (Å²) in [5.74, 6) is 0. The van der Waals surface area contributed by atoms with Crippen molar-refractivity contribution in [3.8, 4) is 11.1 Å². The molecule has 0 heterocycles. The zero-order chi connectivity index (χ0) is 17.0. The molecule has 0 spiro atoms. The topological polar surface area (TPSA) is 0 Å². The Morgan fingerprint density at radius 3 is 2.11 bits per heavy atom. The molecule has 3 heteroatoms. The van der Waals surface area contributed by atoms with Crippen LogP contribution in [0.3, 0.4) is 0 Å². The van der Waals surface area contributed by atoms with E-state index in [0.717, 1.165) is 0 Å². The Hall–Kier alpha value is -1.40. The Kier molecular flexibility index (Phi) is 5.97. The molecule has 0 aliphatic heterocycles. The smallest absolute Gasteiger partial charge is 1.00 e. The minimum atomic E-state index is 0. The summed E-state index contributed by atoms with van der Waals surface area (Å²) >= 11 is 1.57. The zero-order valence-electron chi connectivity index (χ0n) is 14.8. The first-order valence-corrected chi connectivity index (χ1v) is 10.1. The molecule has 4 aromatic rings. The normalized spacial score (nSPS) is 15.1. The van der Waals surface area contributed by atoms with Crippen molar-refractivity contribution in [2.75, 3.05) is 0 Å². The van der Waals surface area contributed by atoms with Gasteiger partial charge in [0.1, 0.15) is 0 Å². The van der Waals surface area contributed by atoms with E-state index in [-0.39, 0.29) is 24.8 Å². The molecule has 27 heavy (non-hydrogen) atoms. The fourth-order valence-corrected chi connectivity index (χ4v) is 4.81. The second kappa shape index (κ2) is 7.92. The molecule has 0 saturated carbocycles. The van der Waals surface area contributed by atoms with Gasteiger partial charge in [0.2, 0.25) is 0 Å². The number of benzene rings is 4. The second-order valence-corrected chi connectivity index (χ2v) is 8.28. The van der Waals surface area contributed by atoms with E-state index >= 15 is 0 Å². The van der Waals surface area contributed by atoms with Crippen LogP contribution >= 0.6 is 0 Å². The third kappa shape index (κ3) is 3.31. The average molecular weight is 468 g/mol. The molecule has 1 aliphatic carbocycles. The van der Waals surface area contributed by atoms with Gasteiger partial charge in [-0.15, -0.1) is 0 Å². The van der Waals surface area contributed by atoms with Gasteiger partial charge in [0.25, 0.3) is 0 Å². The molecule has 0 amide bonds. The van der Waals surface area contributed by atoms with Crippen LogP contribution in [0.25, 0.3) is 38.7 Å². The van der Waals surface area contributed by atoms with Crippen LogP contribution in [0.1, 0.15) is 21.7 Å². The van der Waals surface area contributed by atoms with Crippen LogP contribution < -0.4 is 24.8 Å². The average Bonchev–Trinajstić information content (AvgIpc) is 2.94. The van der Waals surface area contributed by atoms with E-state index in [0.29, 0.717) is 3.63 Å². The second-order valence-electron chi connectivity index (χ2n) is 6.86. The molecule has 0 bridgehead atoms. The number of hydrogen-bond acceptors (Lipinski definition) is 0. The Labute approximate surface area is 187 Å². The molecule has 0 aromatic heterocycles. The van der Waals surface area contributed by atoms with Gasteiger partial charge in [-0.25, -0.2) is 0 Å². The maximum absolute atomic E-state index is 2.39. The van der Waals surface area contributed by atoms with E-state index in [1.54, 1.807) is 24.7 Å². The van der Waals surface area contributed by atoms with E-state index in [1.165, 1.54) is 49.4 Å². The SMILES string of the molecule is CC1=Cc2c(-c3cccc4cc5ccccc5cc34)cccc2[CH]1[Zr+2].[Cl-].[Cl-]. The molecular formula is C24H17Cl2Zr. The predicted molar refractivity (Wildman–Crippen MR) is 103 cm³/mol. The van der Waals surface area contributed by atoms with Crippen molar-refractivity contribution in [3.05, 3.63) is 89.5 Å². The quantitative estimate of drug-likeness (QED) is 0.361. The van der Waals surface area contributed by atoms with Crippen LogP contribution in [0, 0.1) is 0 Å². The molecule has 1 aliphatic rings. The van der Waals surface area contributed by atoms with E-state index in [2.05, 4.69) is 85.8 Å². The zero-order valence-corrected chi connectivity index (χ0v) is 18.8. The van der Waals surface area contributed by atoms with Gasteiger partial charge < -0.3 is 24.8 Å². The number of halogens is 2. The number of fused-ring (bicyclic) bond motifs is 3. The van der Waals surface area contributed by atoms with E-state index in [9.17, 15) is 0 Å². The first-order valence-electron chi connectivity index (χ1n) is 8.66. The van der Waals surface area contributed by atoms with Gasteiger partial charge in [-0.05, 0) is 0 Å². The molecule has 0 N–H and O–H groups in total. The van der Waals surface area contributed by atoms with Gasteiger partial charge in [0, 0.05) is 0 Å². The first-order chi connectivity index (χ1) is 12.2. The van der Waals surface area contributed by atoms with Crippen LogP contribution in [0.2, 0.25) is 0 Å². The molecule has 1 atom stereocenters. The molecule has 131 valence electrons. The molecular weight excluding hydrogens is 450 g/mol. The van der Waals surface area contributed by atoms with E-state index < -0.39 is 0 Å². The van der Waals surface area contributed by atoms with Gasteiger partial charge >= 0.3 is 164 Å². The fourth-order valence-electron chi connectivity index (χ4n) is 3.99. The van der Waals surface area contributed by atoms with Crippen LogP contribution in [-0.4, -0.2) is 0 Å². The van der Waals surface area contributed by atoms with Gasteiger partial charge in [-0.2, -0.15) is 0 Å². The largest absolute Gasteiger partial charge is 1.00 e. The van der Waals surface area contributed by atoms with E-state index in [1.807, 2.05) is 0 Å². The van der Waals surface area contributed by atoms with Crippen molar-refractivity contribution in [2.24, 2.45) is 0 Å². The molecule has 0 nitrogen and oxygen atoms in total. The van der Waals surface area contributed by atoms with Crippen LogP contribution in [0.5, 0.6) is 0 Å². The summed E-state index contributed by atoms with van der Waals surface area (Å²) in [6, 6.07) is 26.8. The van der Waals surface area contributed by atoms with Crippen LogP contribution in [0.4, 0.5) is 0 Å². The first kappa shape index (κ1) is 20.3. The van der Waals surface area contributed by atoms with Gasteiger partial charge in [-0.1, -0.05) is 0 Å². The Morgan fingerprint density at radius 2 is 1.33 bits per heavy atom. The Morgan fingerprint density at radius 1 is 0.704 bits per heavy atom. The maximum Gasteiger partial charge on any atom is -1.00 e. The Balaban J connectivity index is 0.00000105. The van der Waals surface area contributed by atoms with Crippen molar-refractivity contribution in [1.82, 2.24) is 0 Å². The minimum absolute atomic E-state index is 0. The summed E-state index contributed by atoms with van der Waals surface area (Å²) in [7, 11) is 0. The summed E-state index contributed by atoms with van der Waals surface area (Å²) in [4.78, 5) is 0. The standard InChI is InChI=1S/C24H17.2ClH.Zr/c1-16-12-19-8-4-10-21(23(19)13-16)22-11-5-9-20-14-17-6-2-3-7-18(17)15-24(20)22;;;/h2-15H,1H3;2*1H;/q;;;+2/p-2. The fraction of sp³-hybridized carbons (Fsp3) is 0.0833. The van der Waals surface area contributed by atoms with Crippen molar-refractivity contribution in [3.63, 3.8) is 0 Å². The van der Waals surface area contributed by atoms with Crippen molar-refractivity contribution >= 4 is 27.6 Å². The molecule has 1 unspecified atom stereocenters. The molecule has 4 aromatic carbocycles. The molecule has 5 rings (SSSR count). The summed E-state index contributed by atoms with van der Waals surface area (Å²) in [5.41, 5.74) is 7.11. The monoisotopic (exact) mass is 465 g/mol. The van der Waals surface area contributed by atoms with Gasteiger partial charge in [-0.3, -0.25) is 0 Å². The van der Waals surface area contributed by atoms with Crippen LogP contribution in [-0.2, 0) is 24.7 Å². The summed E-state index contributed by atoms with van der Waals surface area (Å²) in [6.45, 7) is 2.26. The minimum Gasteiger partial charge on any atom is -1.00 e. The molecule has 0 radical (unpaired) electrons. The third-order valence-corrected chi connectivity index (χ3v) is 7.20. The molecule has 0 fully saturated rings.